The molecule has 0 N–H and O–H groups in total. The second-order valence-corrected chi connectivity index (χ2v) is 7.31. The Bertz CT molecular complexity index is 607. The lowest BCUT2D eigenvalue weighted by Gasteiger charge is -2.38. The third kappa shape index (κ3) is 4.14. The van der Waals surface area contributed by atoms with Crippen LogP contribution in [0.5, 0.6) is 0 Å². The molecule has 140 valence electrons. The van der Waals surface area contributed by atoms with E-state index in [-0.39, 0.29) is 0 Å². The minimum Gasteiger partial charge on any atom is -0.321 e. The quantitative estimate of drug-likeness (QED) is 0.726. The van der Waals surface area contributed by atoms with Crippen molar-refractivity contribution < 1.29 is 0 Å². The van der Waals surface area contributed by atoms with E-state index in [2.05, 4.69) is 59.9 Å². The number of hydrogen-bond donors (Lipinski definition) is 0. The Morgan fingerprint density at radius 1 is 0.731 bits per heavy atom. The lowest BCUT2D eigenvalue weighted by atomic mass is 10.1. The van der Waals surface area contributed by atoms with Gasteiger partial charge in [0.15, 0.2) is 11.6 Å². The van der Waals surface area contributed by atoms with Crippen molar-refractivity contribution in [3.63, 3.8) is 0 Å². The van der Waals surface area contributed by atoms with Gasteiger partial charge in [0.25, 0.3) is 0 Å². The first-order valence-corrected chi connectivity index (χ1v) is 9.32. The highest BCUT2D eigenvalue weighted by atomic mass is 15.3. The summed E-state index contributed by atoms with van der Waals surface area (Å²) in [5.74, 6) is 2.08. The minimum atomic E-state index is 0.937. The maximum atomic E-state index is 4.72. The average Bonchev–Trinajstić information content (AvgIpc) is 2.62. The fourth-order valence-corrected chi connectivity index (χ4v) is 3.39. The molecule has 3 heterocycles. The molecule has 0 saturated heterocycles. The summed E-state index contributed by atoms with van der Waals surface area (Å²) in [6.07, 6.45) is 5.93. The van der Waals surface area contributed by atoms with E-state index >= 15 is 0 Å². The fourth-order valence-electron chi connectivity index (χ4n) is 3.39. The number of rotatable bonds is 8. The van der Waals surface area contributed by atoms with Gasteiger partial charge in [-0.15, -0.1) is 0 Å². The molecule has 2 aromatic rings. The molecule has 0 amide bonds. The van der Waals surface area contributed by atoms with Crippen molar-refractivity contribution >= 4 is 23.0 Å². The van der Waals surface area contributed by atoms with Gasteiger partial charge < -0.3 is 19.6 Å². The topological polar surface area (TPSA) is 38.7 Å². The Morgan fingerprint density at radius 2 is 1.15 bits per heavy atom. The lowest BCUT2D eigenvalue weighted by Crippen LogP contribution is -2.34. The van der Waals surface area contributed by atoms with Crippen molar-refractivity contribution in [2.24, 2.45) is 0 Å². The van der Waals surface area contributed by atoms with E-state index in [1.165, 1.54) is 0 Å². The van der Waals surface area contributed by atoms with Gasteiger partial charge in [-0.25, -0.2) is 9.97 Å². The molecule has 0 fully saturated rings. The SMILES string of the molecule is CN(C)CCCN1c2cccnc2N(CCCN(C)C)c2cccnc21. The van der Waals surface area contributed by atoms with Crippen molar-refractivity contribution in [1.82, 2.24) is 19.8 Å². The smallest absolute Gasteiger partial charge is 0.157 e. The van der Waals surface area contributed by atoms with Gasteiger partial charge in [-0.3, -0.25) is 0 Å². The summed E-state index contributed by atoms with van der Waals surface area (Å²) in [7, 11) is 8.46. The van der Waals surface area contributed by atoms with E-state index in [1.807, 2.05) is 24.5 Å². The van der Waals surface area contributed by atoms with Crippen LogP contribution in [0.2, 0.25) is 0 Å². The van der Waals surface area contributed by atoms with Crippen LogP contribution in [0.3, 0.4) is 0 Å². The molecule has 3 rings (SSSR count). The van der Waals surface area contributed by atoms with Crippen LogP contribution >= 0.6 is 0 Å². The van der Waals surface area contributed by atoms with Crippen molar-refractivity contribution in [2.45, 2.75) is 12.8 Å². The minimum absolute atomic E-state index is 0.937. The van der Waals surface area contributed by atoms with Gasteiger partial charge in [0.05, 0.1) is 11.4 Å². The number of hydrogen-bond acceptors (Lipinski definition) is 6. The Kier molecular flexibility index (Phi) is 6.06. The first-order chi connectivity index (χ1) is 12.6. The van der Waals surface area contributed by atoms with Crippen molar-refractivity contribution in [3.05, 3.63) is 36.7 Å². The molecule has 0 aromatic carbocycles. The lowest BCUT2D eigenvalue weighted by molar-refractivity contribution is 0.401. The number of fused-ring (bicyclic) bond motifs is 2. The van der Waals surface area contributed by atoms with Crippen LogP contribution in [0.1, 0.15) is 12.8 Å². The predicted molar refractivity (Wildman–Crippen MR) is 109 cm³/mol. The van der Waals surface area contributed by atoms with Crippen molar-refractivity contribution in [1.29, 1.82) is 0 Å². The number of nitrogens with zero attached hydrogens (tertiary/aromatic N) is 6. The largest absolute Gasteiger partial charge is 0.321 e. The molecule has 0 aliphatic carbocycles. The Hall–Kier alpha value is -2.18. The number of aromatic nitrogens is 2. The van der Waals surface area contributed by atoms with Gasteiger partial charge in [0.1, 0.15) is 0 Å². The van der Waals surface area contributed by atoms with Crippen LogP contribution in [0.4, 0.5) is 23.0 Å². The van der Waals surface area contributed by atoms with E-state index in [4.69, 9.17) is 9.97 Å². The summed E-state index contributed by atoms with van der Waals surface area (Å²) in [4.78, 5) is 18.5. The van der Waals surface area contributed by atoms with Gasteiger partial charge >= 0.3 is 0 Å². The molecule has 1 aliphatic rings. The highest BCUT2D eigenvalue weighted by molar-refractivity contribution is 5.89. The van der Waals surface area contributed by atoms with Crippen LogP contribution in [0, 0.1) is 0 Å². The van der Waals surface area contributed by atoms with Crippen LogP contribution in [-0.2, 0) is 0 Å². The molecule has 1 aliphatic heterocycles. The summed E-state index contributed by atoms with van der Waals surface area (Å²) in [5.41, 5.74) is 2.31. The van der Waals surface area contributed by atoms with Crippen LogP contribution in [0.25, 0.3) is 0 Å². The fraction of sp³-hybridized carbons (Fsp3) is 0.500. The Balaban J connectivity index is 1.90. The van der Waals surface area contributed by atoms with Crippen LogP contribution in [0.15, 0.2) is 36.7 Å². The van der Waals surface area contributed by atoms with E-state index in [0.29, 0.717) is 0 Å². The highest BCUT2D eigenvalue weighted by Gasteiger charge is 2.29. The number of anilines is 4. The zero-order valence-electron chi connectivity index (χ0n) is 16.4. The van der Waals surface area contributed by atoms with E-state index < -0.39 is 0 Å². The zero-order chi connectivity index (χ0) is 18.5. The molecule has 2 aromatic heterocycles. The summed E-state index contributed by atoms with van der Waals surface area (Å²) >= 11 is 0. The molecule has 0 radical (unpaired) electrons. The normalized spacial score (nSPS) is 13.3. The van der Waals surface area contributed by atoms with Gasteiger partial charge in [-0.2, -0.15) is 0 Å². The zero-order valence-corrected chi connectivity index (χ0v) is 16.4. The molecule has 0 unspecified atom stereocenters. The van der Waals surface area contributed by atoms with E-state index in [1.54, 1.807) is 0 Å². The van der Waals surface area contributed by atoms with Gasteiger partial charge in [0.2, 0.25) is 0 Å². The van der Waals surface area contributed by atoms with Gasteiger partial charge in [0, 0.05) is 25.5 Å². The highest BCUT2D eigenvalue weighted by Crippen LogP contribution is 2.45. The Morgan fingerprint density at radius 3 is 1.54 bits per heavy atom. The maximum Gasteiger partial charge on any atom is 0.157 e. The maximum absolute atomic E-state index is 4.72. The first kappa shape index (κ1) is 18.6. The van der Waals surface area contributed by atoms with Crippen molar-refractivity contribution in [3.8, 4) is 0 Å². The summed E-state index contributed by atoms with van der Waals surface area (Å²) < 4.78 is 0. The molecule has 26 heavy (non-hydrogen) atoms. The molecule has 0 atom stereocenters. The third-order valence-electron chi connectivity index (χ3n) is 4.60. The first-order valence-electron chi connectivity index (χ1n) is 9.32. The standard InChI is InChI=1S/C20H30N6/c1-23(2)13-7-15-25-17-9-5-12-22-20(17)26(16-8-14-24(3)4)18-10-6-11-21-19(18)25/h5-6,9-12H,7-8,13-16H2,1-4H3. The van der Waals surface area contributed by atoms with Crippen LogP contribution in [-0.4, -0.2) is 74.1 Å². The number of pyridine rings is 2. The van der Waals surface area contributed by atoms with Gasteiger partial charge in [-0.1, -0.05) is 0 Å². The van der Waals surface area contributed by atoms with Crippen molar-refractivity contribution in [2.75, 3.05) is 64.2 Å². The van der Waals surface area contributed by atoms with E-state index in [9.17, 15) is 0 Å². The second kappa shape index (κ2) is 8.47. The molecular formula is C20H30N6. The summed E-state index contributed by atoms with van der Waals surface area (Å²) in [6, 6.07) is 8.36. The Labute approximate surface area is 157 Å². The van der Waals surface area contributed by atoms with E-state index in [0.717, 1.165) is 62.0 Å². The molecule has 6 heteroatoms. The van der Waals surface area contributed by atoms with Crippen LogP contribution < -0.4 is 9.80 Å². The van der Waals surface area contributed by atoms with Gasteiger partial charge in [-0.05, 0) is 78.4 Å². The molecule has 0 spiro atoms. The molecule has 0 saturated carbocycles. The summed E-state index contributed by atoms with van der Waals surface area (Å²) in [6.45, 7) is 3.99. The molecule has 0 bridgehead atoms. The average molecular weight is 355 g/mol. The molecule has 6 nitrogen and oxygen atoms in total. The summed E-state index contributed by atoms with van der Waals surface area (Å²) in [5, 5.41) is 0. The molecular weight excluding hydrogens is 324 g/mol. The second-order valence-electron chi connectivity index (χ2n) is 7.31. The monoisotopic (exact) mass is 354 g/mol. The predicted octanol–water partition coefficient (Wildman–Crippen LogP) is 2.97. The third-order valence-corrected chi connectivity index (χ3v) is 4.60.